The zero-order valence-electron chi connectivity index (χ0n) is 15.2. The zero-order valence-corrected chi connectivity index (χ0v) is 16.0. The fourth-order valence-electron chi connectivity index (χ4n) is 2.64. The molecule has 0 radical (unpaired) electrons. The lowest BCUT2D eigenvalue weighted by atomic mass is 10.1. The van der Waals surface area contributed by atoms with Crippen molar-refractivity contribution in [1.29, 1.82) is 0 Å². The minimum atomic E-state index is -0.673. The Balaban J connectivity index is 1.75. The average Bonchev–Trinajstić information content (AvgIpc) is 3.18. The number of thiazole rings is 1. The van der Waals surface area contributed by atoms with Crippen LogP contribution in [0.5, 0.6) is 0 Å². The first kappa shape index (κ1) is 18.3. The van der Waals surface area contributed by atoms with Crippen LogP contribution in [-0.2, 0) is 24.8 Å². The molecule has 0 bridgehead atoms. The molecule has 0 fully saturated rings. The van der Waals surface area contributed by atoms with Gasteiger partial charge in [0.2, 0.25) is 0 Å². The Morgan fingerprint density at radius 2 is 2.04 bits per heavy atom. The quantitative estimate of drug-likeness (QED) is 0.747. The Bertz CT molecular complexity index is 964. The second-order valence-electron chi connectivity index (χ2n) is 6.44. The summed E-state index contributed by atoms with van der Waals surface area (Å²) in [6.07, 6.45) is 4.13. The van der Waals surface area contributed by atoms with E-state index in [0.717, 1.165) is 16.8 Å². The largest absolute Gasteiger partial charge is 0.320 e. The van der Waals surface area contributed by atoms with Crippen molar-refractivity contribution in [1.82, 2.24) is 14.3 Å². The number of nitrogens with two attached hydrogens (primary N) is 1. The zero-order chi connectivity index (χ0) is 18.7. The summed E-state index contributed by atoms with van der Waals surface area (Å²) in [5, 5.41) is 6.12. The summed E-state index contributed by atoms with van der Waals surface area (Å²) in [5.41, 5.74) is 10.5. The molecule has 0 aliphatic heterocycles. The summed E-state index contributed by atoms with van der Waals surface area (Å²) in [6.45, 7) is 4.70. The van der Waals surface area contributed by atoms with Crippen molar-refractivity contribution in [3.8, 4) is 0 Å². The molecule has 2 aromatic heterocycles. The second-order valence-corrected chi connectivity index (χ2v) is 7.31. The van der Waals surface area contributed by atoms with Crippen molar-refractivity contribution < 1.29 is 4.79 Å². The van der Waals surface area contributed by atoms with Gasteiger partial charge in [-0.3, -0.25) is 9.48 Å². The van der Waals surface area contributed by atoms with Crippen molar-refractivity contribution in [2.75, 3.05) is 0 Å². The van der Waals surface area contributed by atoms with Gasteiger partial charge in [-0.25, -0.2) is 0 Å². The molecule has 6 nitrogen and oxygen atoms in total. The number of hydrogen-bond donors (Lipinski definition) is 1. The Morgan fingerprint density at radius 3 is 2.69 bits per heavy atom. The third-order valence-electron chi connectivity index (χ3n) is 4.43. The molecule has 1 aromatic carbocycles. The van der Waals surface area contributed by atoms with Gasteiger partial charge < -0.3 is 10.3 Å². The summed E-state index contributed by atoms with van der Waals surface area (Å²) in [4.78, 5) is 17.4. The highest BCUT2D eigenvalue weighted by molar-refractivity contribution is 7.07. The number of nitrogens with zero attached hydrogens (tertiary/aromatic N) is 4. The highest BCUT2D eigenvalue weighted by Crippen LogP contribution is 2.09. The van der Waals surface area contributed by atoms with Gasteiger partial charge in [0.05, 0.1) is 12.2 Å². The average molecular weight is 369 g/mol. The molecule has 26 heavy (non-hydrogen) atoms. The number of aromatic nitrogens is 3. The maximum absolute atomic E-state index is 12.5. The van der Waals surface area contributed by atoms with Gasteiger partial charge in [0, 0.05) is 30.9 Å². The van der Waals surface area contributed by atoms with E-state index in [1.54, 1.807) is 10.9 Å². The monoisotopic (exact) mass is 369 g/mol. The Labute approximate surface area is 156 Å². The fraction of sp³-hybridized carbons (Fsp3) is 0.316. The van der Waals surface area contributed by atoms with Crippen LogP contribution in [0.3, 0.4) is 0 Å². The molecule has 0 saturated heterocycles. The van der Waals surface area contributed by atoms with Gasteiger partial charge in [0.25, 0.3) is 5.91 Å². The third kappa shape index (κ3) is 4.17. The summed E-state index contributed by atoms with van der Waals surface area (Å²) < 4.78 is 3.74. The van der Waals surface area contributed by atoms with E-state index >= 15 is 0 Å². The van der Waals surface area contributed by atoms with Crippen LogP contribution in [0, 0.1) is 13.8 Å². The molecule has 136 valence electrons. The summed E-state index contributed by atoms with van der Waals surface area (Å²) in [6, 6.07) is 7.66. The number of hydrogen-bond acceptors (Lipinski definition) is 4. The van der Waals surface area contributed by atoms with Crippen molar-refractivity contribution in [3.05, 3.63) is 69.2 Å². The molecular weight excluding hydrogens is 346 g/mol. The molecule has 0 saturated carbocycles. The predicted octanol–water partition coefficient (Wildman–Crippen LogP) is 1.95. The summed E-state index contributed by atoms with van der Waals surface area (Å²) in [7, 11) is 1.87. The van der Waals surface area contributed by atoms with Gasteiger partial charge in [0.1, 0.15) is 0 Å². The van der Waals surface area contributed by atoms with Gasteiger partial charge in [-0.05, 0) is 31.4 Å². The predicted molar refractivity (Wildman–Crippen MR) is 103 cm³/mol. The van der Waals surface area contributed by atoms with Crippen LogP contribution in [0.25, 0.3) is 0 Å². The van der Waals surface area contributed by atoms with Crippen molar-refractivity contribution in [3.63, 3.8) is 0 Å². The highest BCUT2D eigenvalue weighted by Gasteiger charge is 2.16. The first-order valence-corrected chi connectivity index (χ1v) is 9.33. The van der Waals surface area contributed by atoms with Crippen LogP contribution in [0.15, 0.2) is 47.0 Å². The van der Waals surface area contributed by atoms with E-state index in [2.05, 4.69) is 41.3 Å². The number of aryl methyl sites for hydroxylation is 2. The first-order valence-electron chi connectivity index (χ1n) is 8.45. The van der Waals surface area contributed by atoms with Gasteiger partial charge >= 0.3 is 0 Å². The molecule has 1 unspecified atom stereocenters. The standard InChI is InChI=1S/C19H23N5OS/c1-13-4-6-15(7-5-13)12-24-8-9-26-19(24)22-18(25)17(20)10-16-11-21-23(3)14(16)2/h4-9,11,17H,10,12,20H2,1-3H3. The van der Waals surface area contributed by atoms with E-state index in [1.165, 1.54) is 16.9 Å². The van der Waals surface area contributed by atoms with Gasteiger partial charge in [-0.15, -0.1) is 11.3 Å². The van der Waals surface area contributed by atoms with Crippen molar-refractivity contribution >= 4 is 17.2 Å². The lowest BCUT2D eigenvalue weighted by Crippen LogP contribution is -2.33. The highest BCUT2D eigenvalue weighted by atomic mass is 32.1. The van der Waals surface area contributed by atoms with Gasteiger partial charge in [-0.1, -0.05) is 29.8 Å². The molecule has 0 aliphatic rings. The molecule has 0 aliphatic carbocycles. The Hall–Kier alpha value is -2.51. The van der Waals surface area contributed by atoms with Gasteiger partial charge in [-0.2, -0.15) is 10.1 Å². The number of carbonyl (C=O) groups is 1. The minimum Gasteiger partial charge on any atom is -0.320 e. The van der Waals surface area contributed by atoms with Crippen LogP contribution in [0.1, 0.15) is 22.4 Å². The number of rotatable bonds is 5. The molecule has 3 rings (SSSR count). The smallest absolute Gasteiger partial charge is 0.265 e. The molecular formula is C19H23N5OS. The van der Waals surface area contributed by atoms with Crippen LogP contribution in [0.2, 0.25) is 0 Å². The lowest BCUT2D eigenvalue weighted by Gasteiger charge is -2.07. The Kier molecular flexibility index (Phi) is 5.49. The second kappa shape index (κ2) is 7.80. The van der Waals surface area contributed by atoms with Gasteiger partial charge in [0.15, 0.2) is 4.80 Å². The molecule has 0 spiro atoms. The number of carbonyl (C=O) groups excluding carboxylic acids is 1. The van der Waals surface area contributed by atoms with Crippen LogP contribution < -0.4 is 10.5 Å². The van der Waals surface area contributed by atoms with E-state index in [0.29, 0.717) is 17.8 Å². The van der Waals surface area contributed by atoms with Crippen molar-refractivity contribution in [2.24, 2.45) is 17.8 Å². The van der Waals surface area contributed by atoms with E-state index in [1.807, 2.05) is 30.1 Å². The minimum absolute atomic E-state index is 0.312. The third-order valence-corrected chi connectivity index (χ3v) is 5.23. The fourth-order valence-corrected chi connectivity index (χ4v) is 3.38. The van der Waals surface area contributed by atoms with E-state index in [-0.39, 0.29) is 5.91 Å². The van der Waals surface area contributed by atoms with Crippen molar-refractivity contribution in [2.45, 2.75) is 32.9 Å². The molecule has 2 heterocycles. The van der Waals surface area contributed by atoms with Crippen LogP contribution in [0.4, 0.5) is 0 Å². The Morgan fingerprint density at radius 1 is 1.31 bits per heavy atom. The summed E-state index contributed by atoms with van der Waals surface area (Å²) in [5.74, 6) is -0.312. The molecule has 2 N–H and O–H groups in total. The number of benzene rings is 1. The van der Waals surface area contributed by atoms with E-state index in [9.17, 15) is 4.79 Å². The maximum Gasteiger partial charge on any atom is 0.265 e. The normalized spacial score (nSPS) is 13.2. The number of amides is 1. The van der Waals surface area contributed by atoms with E-state index < -0.39 is 6.04 Å². The SMILES string of the molecule is Cc1ccc(Cn2ccsc2=NC(=O)C(N)Cc2cnn(C)c2C)cc1. The molecule has 1 amide bonds. The van der Waals surface area contributed by atoms with Crippen LogP contribution >= 0.6 is 11.3 Å². The first-order chi connectivity index (χ1) is 12.4. The maximum atomic E-state index is 12.5. The molecule has 7 heteroatoms. The van der Waals surface area contributed by atoms with E-state index in [4.69, 9.17) is 5.73 Å². The topological polar surface area (TPSA) is 78.2 Å². The summed E-state index contributed by atoms with van der Waals surface area (Å²) >= 11 is 1.43. The van der Waals surface area contributed by atoms with Crippen LogP contribution in [-0.4, -0.2) is 26.3 Å². The molecule has 3 aromatic rings. The lowest BCUT2D eigenvalue weighted by molar-refractivity contribution is -0.119. The molecule has 1 atom stereocenters.